The third-order valence-corrected chi connectivity index (χ3v) is 4.27. The zero-order valence-electron chi connectivity index (χ0n) is 14.1. The quantitative estimate of drug-likeness (QED) is 0.286. The van der Waals surface area contributed by atoms with E-state index in [9.17, 15) is 9.59 Å². The maximum Gasteiger partial charge on any atom is 0.343 e. The summed E-state index contributed by atoms with van der Waals surface area (Å²) in [6.07, 6.45) is 1.48. The van der Waals surface area contributed by atoms with Crippen LogP contribution in [0.4, 0.5) is 0 Å². The van der Waals surface area contributed by atoms with Crippen LogP contribution in [0.5, 0.6) is 5.75 Å². The van der Waals surface area contributed by atoms with Crippen LogP contribution in [0.1, 0.15) is 26.3 Å². The molecule has 0 unspecified atom stereocenters. The van der Waals surface area contributed by atoms with Gasteiger partial charge >= 0.3 is 5.97 Å². The third kappa shape index (κ3) is 5.12. The number of amides is 1. The molecular weight excluding hydrogens is 408 g/mol. The summed E-state index contributed by atoms with van der Waals surface area (Å²) in [5.74, 6) is -0.373. The van der Waals surface area contributed by atoms with Crippen molar-refractivity contribution in [3.8, 4) is 5.75 Å². The summed E-state index contributed by atoms with van der Waals surface area (Å²) in [5, 5.41) is 3.95. The fourth-order valence-corrected chi connectivity index (χ4v) is 2.73. The molecule has 0 spiro atoms. The molecule has 0 saturated heterocycles. The molecule has 27 heavy (non-hydrogen) atoms. The summed E-state index contributed by atoms with van der Waals surface area (Å²) in [7, 11) is 0. The number of nitrogens with zero attached hydrogens (tertiary/aromatic N) is 1. The molecule has 5 nitrogen and oxygen atoms in total. The van der Waals surface area contributed by atoms with Crippen molar-refractivity contribution in [1.29, 1.82) is 0 Å². The zero-order chi connectivity index (χ0) is 19.1. The Labute approximate surface area is 164 Å². The molecule has 3 aromatic carbocycles. The second-order valence-electron chi connectivity index (χ2n) is 5.51. The maximum absolute atomic E-state index is 12.1. The predicted molar refractivity (Wildman–Crippen MR) is 107 cm³/mol. The van der Waals surface area contributed by atoms with Crippen LogP contribution >= 0.6 is 15.9 Å². The van der Waals surface area contributed by atoms with Crippen LogP contribution in [0.3, 0.4) is 0 Å². The van der Waals surface area contributed by atoms with E-state index in [2.05, 4.69) is 26.5 Å². The normalized spacial score (nSPS) is 10.6. The van der Waals surface area contributed by atoms with Gasteiger partial charge in [-0.3, -0.25) is 4.79 Å². The SMILES string of the molecule is O=C(Oc1cccc(/C=N/NC(=O)c2ccccc2Br)c1)c1ccccc1. The van der Waals surface area contributed by atoms with Gasteiger partial charge in [0.2, 0.25) is 0 Å². The number of ether oxygens (including phenoxy) is 1. The Hall–Kier alpha value is -3.25. The van der Waals surface area contributed by atoms with Gasteiger partial charge in [0.05, 0.1) is 17.3 Å². The topological polar surface area (TPSA) is 67.8 Å². The van der Waals surface area contributed by atoms with Crippen LogP contribution in [0.2, 0.25) is 0 Å². The van der Waals surface area contributed by atoms with Crippen molar-refractivity contribution in [2.24, 2.45) is 5.10 Å². The van der Waals surface area contributed by atoms with E-state index in [-0.39, 0.29) is 5.91 Å². The van der Waals surface area contributed by atoms with E-state index in [4.69, 9.17) is 4.74 Å². The molecule has 0 aliphatic rings. The minimum atomic E-state index is -0.438. The summed E-state index contributed by atoms with van der Waals surface area (Å²) < 4.78 is 6.05. The van der Waals surface area contributed by atoms with Gasteiger partial charge in [-0.2, -0.15) is 5.10 Å². The molecule has 0 bridgehead atoms. The lowest BCUT2D eigenvalue weighted by Crippen LogP contribution is -2.18. The second-order valence-corrected chi connectivity index (χ2v) is 6.36. The van der Waals surface area contributed by atoms with Crippen molar-refractivity contribution in [1.82, 2.24) is 5.43 Å². The largest absolute Gasteiger partial charge is 0.423 e. The number of carbonyl (C=O) groups is 2. The fourth-order valence-electron chi connectivity index (χ4n) is 2.27. The van der Waals surface area contributed by atoms with Gasteiger partial charge in [-0.25, -0.2) is 10.2 Å². The number of halogens is 1. The lowest BCUT2D eigenvalue weighted by atomic mass is 10.2. The van der Waals surface area contributed by atoms with Crippen LogP contribution in [-0.2, 0) is 0 Å². The average molecular weight is 423 g/mol. The van der Waals surface area contributed by atoms with Gasteiger partial charge in [-0.05, 0) is 57.9 Å². The third-order valence-electron chi connectivity index (χ3n) is 3.58. The summed E-state index contributed by atoms with van der Waals surface area (Å²) >= 11 is 3.32. The van der Waals surface area contributed by atoms with E-state index in [0.717, 1.165) is 0 Å². The van der Waals surface area contributed by atoms with Crippen LogP contribution < -0.4 is 10.2 Å². The highest BCUT2D eigenvalue weighted by molar-refractivity contribution is 9.10. The van der Waals surface area contributed by atoms with E-state index in [1.165, 1.54) is 6.21 Å². The standard InChI is InChI=1S/C21H15BrN2O3/c22-19-12-5-4-11-18(19)20(25)24-23-14-15-7-6-10-17(13-15)27-21(26)16-8-2-1-3-9-16/h1-14H,(H,24,25)/b23-14+. The molecule has 0 fully saturated rings. The van der Waals surface area contributed by atoms with Crippen LogP contribution in [0.15, 0.2) is 88.4 Å². The number of benzene rings is 3. The molecule has 134 valence electrons. The van der Waals surface area contributed by atoms with E-state index < -0.39 is 5.97 Å². The lowest BCUT2D eigenvalue weighted by Gasteiger charge is -2.05. The fraction of sp³-hybridized carbons (Fsp3) is 0. The number of nitrogens with one attached hydrogen (secondary N) is 1. The van der Waals surface area contributed by atoms with Crippen molar-refractivity contribution in [2.75, 3.05) is 0 Å². The second kappa shape index (κ2) is 8.91. The molecule has 0 atom stereocenters. The first-order valence-electron chi connectivity index (χ1n) is 8.09. The highest BCUT2D eigenvalue weighted by atomic mass is 79.9. The Bertz CT molecular complexity index is 987. The molecule has 0 radical (unpaired) electrons. The number of carbonyl (C=O) groups excluding carboxylic acids is 2. The Balaban J connectivity index is 1.64. The van der Waals surface area contributed by atoms with E-state index >= 15 is 0 Å². The highest BCUT2D eigenvalue weighted by Gasteiger charge is 2.09. The molecule has 0 aliphatic heterocycles. The van der Waals surface area contributed by atoms with Crippen LogP contribution in [0, 0.1) is 0 Å². The molecule has 0 heterocycles. The van der Waals surface area contributed by atoms with Crippen LogP contribution in [-0.4, -0.2) is 18.1 Å². The molecular formula is C21H15BrN2O3. The molecule has 0 aliphatic carbocycles. The maximum atomic E-state index is 12.1. The van der Waals surface area contributed by atoms with Gasteiger partial charge in [0.15, 0.2) is 0 Å². The van der Waals surface area contributed by atoms with Crippen molar-refractivity contribution < 1.29 is 14.3 Å². The number of hydrogen-bond acceptors (Lipinski definition) is 4. The van der Waals surface area contributed by atoms with Gasteiger partial charge in [0.25, 0.3) is 5.91 Å². The van der Waals surface area contributed by atoms with Gasteiger partial charge in [-0.15, -0.1) is 0 Å². The molecule has 3 rings (SSSR count). The summed E-state index contributed by atoms with van der Waals surface area (Å²) in [4.78, 5) is 24.2. The highest BCUT2D eigenvalue weighted by Crippen LogP contribution is 2.16. The first-order chi connectivity index (χ1) is 13.1. The van der Waals surface area contributed by atoms with E-state index in [0.29, 0.717) is 26.9 Å². The monoisotopic (exact) mass is 422 g/mol. The Kier molecular flexibility index (Phi) is 6.12. The zero-order valence-corrected chi connectivity index (χ0v) is 15.7. The smallest absolute Gasteiger partial charge is 0.343 e. The van der Waals surface area contributed by atoms with Crippen molar-refractivity contribution in [2.45, 2.75) is 0 Å². The number of hydrazone groups is 1. The summed E-state index contributed by atoms with van der Waals surface area (Å²) in [6.45, 7) is 0. The molecule has 1 amide bonds. The predicted octanol–water partition coefficient (Wildman–Crippen LogP) is 4.43. The lowest BCUT2D eigenvalue weighted by molar-refractivity contribution is 0.0734. The van der Waals surface area contributed by atoms with Gasteiger partial charge in [0.1, 0.15) is 5.75 Å². The molecule has 6 heteroatoms. The van der Waals surface area contributed by atoms with Gasteiger partial charge in [-0.1, -0.05) is 42.5 Å². The van der Waals surface area contributed by atoms with Crippen molar-refractivity contribution in [3.05, 3.63) is 100 Å². The molecule has 0 saturated carbocycles. The first kappa shape index (κ1) is 18.5. The average Bonchev–Trinajstić information content (AvgIpc) is 2.69. The van der Waals surface area contributed by atoms with Gasteiger partial charge in [0, 0.05) is 4.47 Å². The number of esters is 1. The minimum Gasteiger partial charge on any atom is -0.423 e. The Morgan fingerprint density at radius 2 is 1.67 bits per heavy atom. The summed E-state index contributed by atoms with van der Waals surface area (Å²) in [6, 6.07) is 22.7. The number of rotatable bonds is 5. The van der Waals surface area contributed by atoms with E-state index in [1.807, 2.05) is 12.1 Å². The summed E-state index contributed by atoms with van der Waals surface area (Å²) in [5.41, 5.74) is 4.10. The molecule has 1 N–H and O–H groups in total. The Morgan fingerprint density at radius 1 is 0.926 bits per heavy atom. The van der Waals surface area contributed by atoms with E-state index in [1.54, 1.807) is 66.7 Å². The molecule has 3 aromatic rings. The number of hydrogen-bond donors (Lipinski definition) is 1. The van der Waals surface area contributed by atoms with Crippen molar-refractivity contribution >= 4 is 34.0 Å². The first-order valence-corrected chi connectivity index (χ1v) is 8.88. The Morgan fingerprint density at radius 3 is 2.44 bits per heavy atom. The van der Waals surface area contributed by atoms with Crippen LogP contribution in [0.25, 0.3) is 0 Å². The van der Waals surface area contributed by atoms with Crippen molar-refractivity contribution in [3.63, 3.8) is 0 Å². The molecule has 0 aromatic heterocycles. The minimum absolute atomic E-state index is 0.328. The van der Waals surface area contributed by atoms with Gasteiger partial charge < -0.3 is 4.74 Å².